The van der Waals surface area contributed by atoms with Gasteiger partial charge in [-0.3, -0.25) is 9.59 Å². The van der Waals surface area contributed by atoms with Gasteiger partial charge < -0.3 is 10.2 Å². The number of halogens is 1. The SMILES string of the molecule is CCC(=O)NCc1csc([C@H]2CCCN(C(=O)c3ccccc3F)C2)n1. The van der Waals surface area contributed by atoms with Gasteiger partial charge in [-0.15, -0.1) is 11.3 Å². The third kappa shape index (κ3) is 4.27. The Balaban J connectivity index is 1.65. The molecule has 0 saturated carbocycles. The Kier molecular flexibility index (Phi) is 5.98. The van der Waals surface area contributed by atoms with E-state index in [0.29, 0.717) is 26.1 Å². The molecule has 26 heavy (non-hydrogen) atoms. The summed E-state index contributed by atoms with van der Waals surface area (Å²) >= 11 is 1.55. The highest BCUT2D eigenvalue weighted by molar-refractivity contribution is 7.09. The van der Waals surface area contributed by atoms with Gasteiger partial charge in [0.2, 0.25) is 5.91 Å². The van der Waals surface area contributed by atoms with Gasteiger partial charge in [0.05, 0.1) is 22.8 Å². The van der Waals surface area contributed by atoms with Gasteiger partial charge in [-0.1, -0.05) is 19.1 Å². The zero-order valence-electron chi connectivity index (χ0n) is 14.7. The zero-order valence-corrected chi connectivity index (χ0v) is 15.5. The van der Waals surface area contributed by atoms with Crippen molar-refractivity contribution in [1.29, 1.82) is 0 Å². The molecule has 1 aliphatic rings. The van der Waals surface area contributed by atoms with Crippen LogP contribution in [0.1, 0.15) is 53.2 Å². The lowest BCUT2D eigenvalue weighted by Crippen LogP contribution is -2.39. The third-order valence-electron chi connectivity index (χ3n) is 4.52. The lowest BCUT2D eigenvalue weighted by molar-refractivity contribution is -0.120. The Morgan fingerprint density at radius 1 is 1.38 bits per heavy atom. The smallest absolute Gasteiger partial charge is 0.256 e. The summed E-state index contributed by atoms with van der Waals surface area (Å²) in [7, 11) is 0. The van der Waals surface area contributed by atoms with Crippen molar-refractivity contribution < 1.29 is 14.0 Å². The number of piperidine rings is 1. The summed E-state index contributed by atoms with van der Waals surface area (Å²) in [6.45, 7) is 3.41. The van der Waals surface area contributed by atoms with E-state index in [1.165, 1.54) is 12.1 Å². The van der Waals surface area contributed by atoms with Crippen molar-refractivity contribution in [2.75, 3.05) is 13.1 Å². The number of rotatable bonds is 5. The molecule has 1 N–H and O–H groups in total. The lowest BCUT2D eigenvalue weighted by Gasteiger charge is -2.32. The van der Waals surface area contributed by atoms with Crippen LogP contribution in [0.25, 0.3) is 0 Å². The molecule has 2 amide bonds. The molecule has 1 aliphatic heterocycles. The molecule has 138 valence electrons. The average Bonchev–Trinajstić information content (AvgIpc) is 3.15. The van der Waals surface area contributed by atoms with E-state index in [-0.39, 0.29) is 23.3 Å². The number of hydrogen-bond donors (Lipinski definition) is 1. The van der Waals surface area contributed by atoms with Crippen molar-refractivity contribution in [3.8, 4) is 0 Å². The van der Waals surface area contributed by atoms with Gasteiger partial charge in [-0.25, -0.2) is 9.37 Å². The minimum atomic E-state index is -0.483. The quantitative estimate of drug-likeness (QED) is 0.872. The van der Waals surface area contributed by atoms with Crippen LogP contribution in [0.2, 0.25) is 0 Å². The Bertz CT molecular complexity index is 793. The summed E-state index contributed by atoms with van der Waals surface area (Å²) < 4.78 is 13.9. The van der Waals surface area contributed by atoms with E-state index in [1.807, 2.05) is 12.3 Å². The fourth-order valence-corrected chi connectivity index (χ4v) is 4.02. The van der Waals surface area contributed by atoms with E-state index in [0.717, 1.165) is 23.5 Å². The van der Waals surface area contributed by atoms with E-state index in [4.69, 9.17) is 0 Å². The molecule has 3 rings (SSSR count). The number of amides is 2. The van der Waals surface area contributed by atoms with Gasteiger partial charge in [0.25, 0.3) is 5.91 Å². The summed E-state index contributed by atoms with van der Waals surface area (Å²) in [5.41, 5.74) is 0.958. The van der Waals surface area contributed by atoms with E-state index < -0.39 is 5.82 Å². The molecule has 1 aromatic heterocycles. The molecule has 1 aromatic carbocycles. The van der Waals surface area contributed by atoms with Crippen LogP contribution in [-0.4, -0.2) is 34.8 Å². The summed E-state index contributed by atoms with van der Waals surface area (Å²) in [4.78, 5) is 30.3. The van der Waals surface area contributed by atoms with Crippen molar-refractivity contribution in [2.45, 2.75) is 38.6 Å². The first kappa shape index (κ1) is 18.5. The molecule has 2 heterocycles. The van der Waals surface area contributed by atoms with Gasteiger partial charge in [0, 0.05) is 30.8 Å². The number of carbonyl (C=O) groups is 2. The molecule has 0 unspecified atom stereocenters. The second-order valence-electron chi connectivity index (χ2n) is 6.38. The van der Waals surface area contributed by atoms with Crippen LogP contribution in [0.4, 0.5) is 4.39 Å². The van der Waals surface area contributed by atoms with Gasteiger partial charge in [0.1, 0.15) is 5.82 Å². The molecule has 0 spiro atoms. The number of likely N-dealkylation sites (tertiary alicyclic amines) is 1. The molecule has 0 bridgehead atoms. The normalized spacial score (nSPS) is 17.2. The van der Waals surface area contributed by atoms with Crippen molar-refractivity contribution in [2.24, 2.45) is 0 Å². The summed E-state index contributed by atoms with van der Waals surface area (Å²) in [6.07, 6.45) is 2.27. The summed E-state index contributed by atoms with van der Waals surface area (Å²) in [6, 6.07) is 6.10. The monoisotopic (exact) mass is 375 g/mol. The fourth-order valence-electron chi connectivity index (χ4n) is 3.07. The second kappa shape index (κ2) is 8.40. The lowest BCUT2D eigenvalue weighted by atomic mass is 9.98. The van der Waals surface area contributed by atoms with Crippen LogP contribution < -0.4 is 5.32 Å². The molecular formula is C19H22FN3O2S. The molecule has 7 heteroatoms. The number of aromatic nitrogens is 1. The second-order valence-corrected chi connectivity index (χ2v) is 7.27. The highest BCUT2D eigenvalue weighted by atomic mass is 32.1. The Labute approximate surface area is 156 Å². The molecular weight excluding hydrogens is 353 g/mol. The third-order valence-corrected chi connectivity index (χ3v) is 5.58. The first-order valence-electron chi connectivity index (χ1n) is 8.83. The molecule has 0 radical (unpaired) electrons. The van der Waals surface area contributed by atoms with Crippen molar-refractivity contribution in [3.05, 3.63) is 51.7 Å². The van der Waals surface area contributed by atoms with Crippen LogP contribution >= 0.6 is 11.3 Å². The summed E-state index contributed by atoms with van der Waals surface area (Å²) in [5, 5.41) is 5.74. The largest absolute Gasteiger partial charge is 0.350 e. The highest BCUT2D eigenvalue weighted by Crippen LogP contribution is 2.30. The first-order valence-corrected chi connectivity index (χ1v) is 9.71. The molecule has 5 nitrogen and oxygen atoms in total. The predicted molar refractivity (Wildman–Crippen MR) is 98.5 cm³/mol. The van der Waals surface area contributed by atoms with Gasteiger partial charge in [-0.2, -0.15) is 0 Å². The van der Waals surface area contributed by atoms with Crippen molar-refractivity contribution in [3.63, 3.8) is 0 Å². The number of benzene rings is 1. The zero-order chi connectivity index (χ0) is 18.5. The maximum absolute atomic E-state index is 13.9. The molecule has 0 aliphatic carbocycles. The van der Waals surface area contributed by atoms with E-state index >= 15 is 0 Å². The minimum Gasteiger partial charge on any atom is -0.350 e. The summed E-state index contributed by atoms with van der Waals surface area (Å²) in [5.74, 6) is -0.596. The van der Waals surface area contributed by atoms with Crippen LogP contribution in [0.3, 0.4) is 0 Å². The Hall–Kier alpha value is -2.28. The van der Waals surface area contributed by atoms with Gasteiger partial charge in [0.15, 0.2) is 0 Å². The fraction of sp³-hybridized carbons (Fsp3) is 0.421. The predicted octanol–water partition coefficient (Wildman–Crippen LogP) is 3.33. The molecule has 1 fully saturated rings. The Morgan fingerprint density at radius 2 is 2.19 bits per heavy atom. The van der Waals surface area contributed by atoms with Crippen molar-refractivity contribution >= 4 is 23.2 Å². The van der Waals surface area contributed by atoms with Crippen LogP contribution in [0.5, 0.6) is 0 Å². The van der Waals surface area contributed by atoms with E-state index in [1.54, 1.807) is 28.4 Å². The van der Waals surface area contributed by atoms with Crippen LogP contribution in [0, 0.1) is 5.82 Å². The van der Waals surface area contributed by atoms with Crippen molar-refractivity contribution in [1.82, 2.24) is 15.2 Å². The number of thiazole rings is 1. The highest BCUT2D eigenvalue weighted by Gasteiger charge is 2.28. The molecule has 2 aromatic rings. The number of hydrogen-bond acceptors (Lipinski definition) is 4. The van der Waals surface area contributed by atoms with E-state index in [9.17, 15) is 14.0 Å². The minimum absolute atomic E-state index is 0.00104. The van der Waals surface area contributed by atoms with Gasteiger partial charge >= 0.3 is 0 Å². The van der Waals surface area contributed by atoms with E-state index in [2.05, 4.69) is 10.3 Å². The topological polar surface area (TPSA) is 62.3 Å². The van der Waals surface area contributed by atoms with Crippen LogP contribution in [-0.2, 0) is 11.3 Å². The first-order chi connectivity index (χ1) is 12.6. The maximum atomic E-state index is 13.9. The Morgan fingerprint density at radius 3 is 2.96 bits per heavy atom. The van der Waals surface area contributed by atoms with Crippen LogP contribution in [0.15, 0.2) is 29.6 Å². The average molecular weight is 375 g/mol. The molecule has 1 saturated heterocycles. The number of nitrogens with zero attached hydrogens (tertiary/aromatic N) is 2. The molecule has 1 atom stereocenters. The number of carbonyl (C=O) groups excluding carboxylic acids is 2. The standard InChI is InChI=1S/C19H22FN3O2S/c1-2-17(24)21-10-14-12-26-18(22-14)13-6-5-9-23(11-13)19(25)15-7-3-4-8-16(15)20/h3-4,7-8,12-13H,2,5-6,9-11H2,1H3,(H,21,24)/t13-/m0/s1. The number of nitrogens with one attached hydrogen (secondary N) is 1. The maximum Gasteiger partial charge on any atom is 0.256 e. The van der Waals surface area contributed by atoms with Gasteiger partial charge in [-0.05, 0) is 25.0 Å².